The minimum absolute atomic E-state index is 0.280. The highest BCUT2D eigenvalue weighted by atomic mass is 32.1. The van der Waals surface area contributed by atoms with E-state index >= 15 is 0 Å². The van der Waals surface area contributed by atoms with Crippen molar-refractivity contribution in [3.05, 3.63) is 34.1 Å². The number of anilines is 1. The number of hydrogen-bond acceptors (Lipinski definition) is 5. The van der Waals surface area contributed by atoms with Gasteiger partial charge in [-0.1, -0.05) is 0 Å². The largest absolute Gasteiger partial charge is 0.356 e. The number of rotatable bonds is 3. The molecule has 0 fully saturated rings. The highest BCUT2D eigenvalue weighted by Gasteiger charge is 2.19. The Morgan fingerprint density at radius 3 is 3.20 bits per heavy atom. The molecular weight excluding hydrogens is 276 g/mol. The molecule has 0 spiro atoms. The molecule has 0 saturated carbocycles. The SMILES string of the molecule is CN1CCc2nc(NC(=O)c3cc(C=O)c[nH]3)sc2C1. The van der Waals surface area contributed by atoms with Gasteiger partial charge in [-0.25, -0.2) is 4.98 Å². The number of aromatic nitrogens is 2. The van der Waals surface area contributed by atoms with E-state index in [-0.39, 0.29) is 5.91 Å². The number of fused-ring (bicyclic) bond motifs is 1. The summed E-state index contributed by atoms with van der Waals surface area (Å²) in [6.07, 6.45) is 3.12. The van der Waals surface area contributed by atoms with E-state index in [2.05, 4.69) is 27.2 Å². The maximum absolute atomic E-state index is 12.0. The Kier molecular flexibility index (Phi) is 3.37. The van der Waals surface area contributed by atoms with Gasteiger partial charge in [-0.2, -0.15) is 0 Å². The van der Waals surface area contributed by atoms with Crippen LogP contribution in [0.2, 0.25) is 0 Å². The third kappa shape index (κ3) is 2.50. The lowest BCUT2D eigenvalue weighted by atomic mass is 10.2. The molecule has 2 aromatic heterocycles. The molecule has 2 N–H and O–H groups in total. The van der Waals surface area contributed by atoms with Crippen LogP contribution in [0.1, 0.15) is 31.4 Å². The van der Waals surface area contributed by atoms with Crippen LogP contribution in [0, 0.1) is 0 Å². The molecule has 104 valence electrons. The number of hydrogen-bond donors (Lipinski definition) is 2. The number of carbonyl (C=O) groups excluding carboxylic acids is 2. The quantitative estimate of drug-likeness (QED) is 0.840. The third-order valence-electron chi connectivity index (χ3n) is 3.23. The van der Waals surface area contributed by atoms with Gasteiger partial charge >= 0.3 is 0 Å². The van der Waals surface area contributed by atoms with E-state index in [9.17, 15) is 9.59 Å². The molecule has 0 saturated heterocycles. The second-order valence-electron chi connectivity index (χ2n) is 4.80. The highest BCUT2D eigenvalue weighted by Crippen LogP contribution is 2.27. The zero-order valence-electron chi connectivity index (χ0n) is 11.0. The van der Waals surface area contributed by atoms with Crippen LogP contribution in [0.3, 0.4) is 0 Å². The van der Waals surface area contributed by atoms with Gasteiger partial charge in [0.1, 0.15) is 5.69 Å². The van der Waals surface area contributed by atoms with E-state index in [4.69, 9.17) is 0 Å². The number of nitrogens with one attached hydrogen (secondary N) is 2. The molecule has 7 heteroatoms. The average molecular weight is 290 g/mol. The lowest BCUT2D eigenvalue weighted by molar-refractivity contribution is 0.102. The number of aromatic amines is 1. The summed E-state index contributed by atoms with van der Waals surface area (Å²) in [6, 6.07) is 1.52. The molecular formula is C13H14N4O2S. The molecule has 2 aromatic rings. The van der Waals surface area contributed by atoms with Crippen molar-refractivity contribution < 1.29 is 9.59 Å². The molecule has 0 aromatic carbocycles. The van der Waals surface area contributed by atoms with E-state index in [0.29, 0.717) is 22.7 Å². The Balaban J connectivity index is 1.74. The number of likely N-dealkylation sites (N-methyl/N-ethyl adjacent to an activating group) is 1. The molecule has 6 nitrogen and oxygen atoms in total. The molecule has 0 aliphatic carbocycles. The number of nitrogens with zero attached hydrogens (tertiary/aromatic N) is 2. The van der Waals surface area contributed by atoms with Crippen molar-refractivity contribution in [2.45, 2.75) is 13.0 Å². The Morgan fingerprint density at radius 2 is 2.45 bits per heavy atom. The van der Waals surface area contributed by atoms with E-state index in [1.807, 2.05) is 0 Å². The topological polar surface area (TPSA) is 78.1 Å². The molecule has 1 aliphatic rings. The Bertz CT molecular complexity index is 661. The Hall–Kier alpha value is -1.99. The number of carbonyl (C=O) groups is 2. The predicted molar refractivity (Wildman–Crippen MR) is 76.3 cm³/mol. The van der Waals surface area contributed by atoms with Crippen LogP contribution in [0.5, 0.6) is 0 Å². The van der Waals surface area contributed by atoms with Crippen molar-refractivity contribution >= 4 is 28.7 Å². The molecule has 0 bridgehead atoms. The lowest BCUT2D eigenvalue weighted by Crippen LogP contribution is -2.25. The first kappa shape index (κ1) is 13.0. The first-order valence-corrected chi connectivity index (χ1v) is 7.09. The van der Waals surface area contributed by atoms with Gasteiger partial charge in [0.15, 0.2) is 11.4 Å². The fraction of sp³-hybridized carbons (Fsp3) is 0.308. The fourth-order valence-corrected chi connectivity index (χ4v) is 3.23. The molecule has 0 atom stereocenters. The molecule has 0 unspecified atom stereocenters. The summed E-state index contributed by atoms with van der Waals surface area (Å²) in [6.45, 7) is 1.87. The van der Waals surface area contributed by atoms with E-state index in [1.165, 1.54) is 28.5 Å². The van der Waals surface area contributed by atoms with Gasteiger partial charge in [-0.05, 0) is 13.1 Å². The first-order chi connectivity index (χ1) is 9.65. The second kappa shape index (κ2) is 5.18. The van der Waals surface area contributed by atoms with Crippen molar-refractivity contribution in [1.82, 2.24) is 14.9 Å². The molecule has 3 heterocycles. The van der Waals surface area contributed by atoms with Gasteiger partial charge in [0.2, 0.25) is 0 Å². The van der Waals surface area contributed by atoms with Crippen LogP contribution in [-0.4, -0.2) is 40.7 Å². The summed E-state index contributed by atoms with van der Waals surface area (Å²) in [4.78, 5) is 33.3. The van der Waals surface area contributed by atoms with Crippen molar-refractivity contribution in [3.8, 4) is 0 Å². The monoisotopic (exact) mass is 290 g/mol. The van der Waals surface area contributed by atoms with Crippen LogP contribution in [0.15, 0.2) is 12.3 Å². The zero-order valence-corrected chi connectivity index (χ0v) is 11.8. The standard InChI is InChI=1S/C13H14N4O2S/c1-17-3-2-9-11(6-17)20-13(15-9)16-12(19)10-4-8(7-18)5-14-10/h4-5,7,14H,2-3,6H2,1H3,(H,15,16,19). The highest BCUT2D eigenvalue weighted by molar-refractivity contribution is 7.15. The number of aldehydes is 1. The van der Waals surface area contributed by atoms with E-state index < -0.39 is 0 Å². The molecule has 1 amide bonds. The van der Waals surface area contributed by atoms with Gasteiger partial charge in [-0.3, -0.25) is 14.9 Å². The van der Waals surface area contributed by atoms with Gasteiger partial charge in [0.25, 0.3) is 5.91 Å². The maximum Gasteiger partial charge on any atom is 0.273 e. The summed E-state index contributed by atoms with van der Waals surface area (Å²) in [7, 11) is 2.07. The summed E-state index contributed by atoms with van der Waals surface area (Å²) < 4.78 is 0. The van der Waals surface area contributed by atoms with Gasteiger partial charge < -0.3 is 9.88 Å². The van der Waals surface area contributed by atoms with Crippen molar-refractivity contribution in [2.24, 2.45) is 0 Å². The summed E-state index contributed by atoms with van der Waals surface area (Å²) in [5, 5.41) is 3.38. The van der Waals surface area contributed by atoms with Crippen LogP contribution < -0.4 is 5.32 Å². The minimum atomic E-state index is -0.280. The van der Waals surface area contributed by atoms with E-state index in [0.717, 1.165) is 25.2 Å². The zero-order chi connectivity index (χ0) is 14.1. The van der Waals surface area contributed by atoms with Gasteiger partial charge in [0, 0.05) is 36.1 Å². The summed E-state index contributed by atoms with van der Waals surface area (Å²) in [5.74, 6) is -0.280. The van der Waals surface area contributed by atoms with Gasteiger partial charge in [0.05, 0.1) is 5.69 Å². The maximum atomic E-state index is 12.0. The minimum Gasteiger partial charge on any atom is -0.356 e. The molecule has 1 aliphatic heterocycles. The number of amides is 1. The fourth-order valence-electron chi connectivity index (χ4n) is 2.15. The van der Waals surface area contributed by atoms with Crippen molar-refractivity contribution in [2.75, 3.05) is 18.9 Å². The molecule has 0 radical (unpaired) electrons. The third-order valence-corrected chi connectivity index (χ3v) is 4.23. The summed E-state index contributed by atoms with van der Waals surface area (Å²) in [5.41, 5.74) is 1.89. The Morgan fingerprint density at radius 1 is 1.60 bits per heavy atom. The summed E-state index contributed by atoms with van der Waals surface area (Å²) >= 11 is 1.51. The number of H-pyrrole nitrogens is 1. The normalized spacial score (nSPS) is 14.8. The van der Waals surface area contributed by atoms with Crippen LogP contribution >= 0.6 is 11.3 Å². The smallest absolute Gasteiger partial charge is 0.273 e. The van der Waals surface area contributed by atoms with Crippen LogP contribution in [-0.2, 0) is 13.0 Å². The second-order valence-corrected chi connectivity index (χ2v) is 5.88. The predicted octanol–water partition coefficient (Wildman–Crippen LogP) is 1.52. The Labute approximate surface area is 119 Å². The molecule has 3 rings (SSSR count). The van der Waals surface area contributed by atoms with Crippen molar-refractivity contribution in [1.29, 1.82) is 0 Å². The molecule has 20 heavy (non-hydrogen) atoms. The number of thiazole rings is 1. The van der Waals surface area contributed by atoms with E-state index in [1.54, 1.807) is 0 Å². The average Bonchev–Trinajstić information content (AvgIpc) is 3.03. The van der Waals surface area contributed by atoms with Crippen LogP contribution in [0.4, 0.5) is 5.13 Å². The first-order valence-electron chi connectivity index (χ1n) is 6.28. The van der Waals surface area contributed by atoms with Gasteiger partial charge in [-0.15, -0.1) is 11.3 Å². The van der Waals surface area contributed by atoms with Crippen molar-refractivity contribution in [3.63, 3.8) is 0 Å². The lowest BCUT2D eigenvalue weighted by Gasteiger charge is -2.20. The van der Waals surface area contributed by atoms with Crippen LogP contribution in [0.25, 0.3) is 0 Å².